The third-order valence-corrected chi connectivity index (χ3v) is 3.87. The fourth-order valence-electron chi connectivity index (χ4n) is 2.06. The molecule has 21 heavy (non-hydrogen) atoms. The van der Waals surface area contributed by atoms with Crippen LogP contribution in [0.25, 0.3) is 0 Å². The van der Waals surface area contributed by atoms with Crippen LogP contribution < -0.4 is 5.32 Å². The van der Waals surface area contributed by atoms with Gasteiger partial charge in [0.05, 0.1) is 0 Å². The fraction of sp³-hybridized carbons (Fsp3) is 0.235. The topological polar surface area (TPSA) is 29.1 Å². The van der Waals surface area contributed by atoms with E-state index >= 15 is 0 Å². The largest absolute Gasteiger partial charge is 0.352 e. The van der Waals surface area contributed by atoms with Gasteiger partial charge in [-0.3, -0.25) is 4.79 Å². The quantitative estimate of drug-likeness (QED) is 0.863. The molecule has 4 heteroatoms. The van der Waals surface area contributed by atoms with Gasteiger partial charge in [0.2, 0.25) is 5.91 Å². The van der Waals surface area contributed by atoms with Crippen molar-refractivity contribution in [1.82, 2.24) is 5.32 Å². The van der Waals surface area contributed by atoms with Gasteiger partial charge in [0.25, 0.3) is 0 Å². The van der Waals surface area contributed by atoms with Gasteiger partial charge in [-0.1, -0.05) is 46.3 Å². The molecule has 1 amide bonds. The average Bonchev–Trinajstić information content (AvgIpc) is 2.45. The molecule has 2 aromatic rings. The molecule has 0 heterocycles. The Morgan fingerprint density at radius 2 is 1.95 bits per heavy atom. The Bertz CT molecular complexity index is 642. The molecule has 2 aromatic carbocycles. The maximum atomic E-state index is 13.6. The number of aryl methyl sites for hydroxylation is 2. The lowest BCUT2D eigenvalue weighted by atomic mass is 10.1. The zero-order valence-corrected chi connectivity index (χ0v) is 13.4. The maximum absolute atomic E-state index is 13.6. The van der Waals surface area contributed by atoms with Crippen LogP contribution in [0, 0.1) is 12.7 Å². The predicted molar refractivity (Wildman–Crippen MR) is 85.4 cm³/mol. The standard InChI is InChI=1S/C17H17BrFNO/c1-12-4-2-3-5-14(12)11-20-17(21)9-7-13-6-8-15(18)10-16(13)19/h2-6,8,10H,7,9,11H2,1H3,(H,20,21). The number of benzene rings is 2. The van der Waals surface area contributed by atoms with Crippen molar-refractivity contribution in [3.63, 3.8) is 0 Å². The number of hydrogen-bond donors (Lipinski definition) is 1. The summed E-state index contributed by atoms with van der Waals surface area (Å²) in [6.07, 6.45) is 0.684. The van der Waals surface area contributed by atoms with Crippen molar-refractivity contribution >= 4 is 21.8 Å². The van der Waals surface area contributed by atoms with Crippen LogP contribution in [-0.2, 0) is 17.8 Å². The van der Waals surface area contributed by atoms with Gasteiger partial charge in [0, 0.05) is 17.4 Å². The second-order valence-corrected chi connectivity index (χ2v) is 5.85. The lowest BCUT2D eigenvalue weighted by Crippen LogP contribution is -2.23. The summed E-state index contributed by atoms with van der Waals surface area (Å²) in [5.74, 6) is -0.350. The average molecular weight is 350 g/mol. The van der Waals surface area contributed by atoms with Gasteiger partial charge in [-0.2, -0.15) is 0 Å². The van der Waals surface area contributed by atoms with Crippen LogP contribution in [0.4, 0.5) is 4.39 Å². The van der Waals surface area contributed by atoms with Crippen molar-refractivity contribution in [2.45, 2.75) is 26.3 Å². The summed E-state index contributed by atoms with van der Waals surface area (Å²) in [5.41, 5.74) is 2.81. The molecule has 0 saturated carbocycles. The molecule has 0 saturated heterocycles. The highest BCUT2D eigenvalue weighted by atomic mass is 79.9. The first-order valence-electron chi connectivity index (χ1n) is 6.81. The molecule has 2 nitrogen and oxygen atoms in total. The fourth-order valence-corrected chi connectivity index (χ4v) is 2.40. The van der Waals surface area contributed by atoms with E-state index in [1.165, 1.54) is 6.07 Å². The van der Waals surface area contributed by atoms with Crippen molar-refractivity contribution < 1.29 is 9.18 Å². The third-order valence-electron chi connectivity index (χ3n) is 3.37. The minimum atomic E-state index is -0.281. The number of nitrogens with one attached hydrogen (secondary N) is 1. The highest BCUT2D eigenvalue weighted by molar-refractivity contribution is 9.10. The van der Waals surface area contributed by atoms with Crippen LogP contribution in [0.1, 0.15) is 23.1 Å². The van der Waals surface area contributed by atoms with Crippen LogP contribution in [0.3, 0.4) is 0 Å². The van der Waals surface area contributed by atoms with Gasteiger partial charge in [-0.15, -0.1) is 0 Å². The summed E-state index contributed by atoms with van der Waals surface area (Å²) in [6, 6.07) is 12.8. The molecule has 0 atom stereocenters. The number of hydrogen-bond acceptors (Lipinski definition) is 1. The van der Waals surface area contributed by atoms with E-state index in [1.807, 2.05) is 31.2 Å². The van der Waals surface area contributed by atoms with E-state index in [0.29, 0.717) is 23.0 Å². The van der Waals surface area contributed by atoms with Crippen LogP contribution in [-0.4, -0.2) is 5.91 Å². The molecular weight excluding hydrogens is 333 g/mol. The summed E-state index contributed by atoms with van der Waals surface area (Å²) in [6.45, 7) is 2.52. The monoisotopic (exact) mass is 349 g/mol. The summed E-state index contributed by atoms with van der Waals surface area (Å²) in [7, 11) is 0. The number of halogens is 2. The van der Waals surface area contributed by atoms with Gasteiger partial charge >= 0.3 is 0 Å². The van der Waals surface area contributed by atoms with Crippen LogP contribution in [0.2, 0.25) is 0 Å². The Balaban J connectivity index is 1.84. The molecule has 0 aliphatic carbocycles. The van der Waals surface area contributed by atoms with E-state index in [4.69, 9.17) is 0 Å². The zero-order chi connectivity index (χ0) is 15.2. The van der Waals surface area contributed by atoms with Crippen molar-refractivity contribution in [1.29, 1.82) is 0 Å². The summed E-state index contributed by atoms with van der Waals surface area (Å²) < 4.78 is 14.3. The molecule has 0 unspecified atom stereocenters. The highest BCUT2D eigenvalue weighted by Crippen LogP contribution is 2.16. The van der Waals surface area contributed by atoms with E-state index in [9.17, 15) is 9.18 Å². The molecule has 0 radical (unpaired) electrons. The molecule has 2 rings (SSSR count). The predicted octanol–water partition coefficient (Wildman–Crippen LogP) is 4.15. The van der Waals surface area contributed by atoms with Gasteiger partial charge in [0.1, 0.15) is 5.82 Å². The lowest BCUT2D eigenvalue weighted by Gasteiger charge is -2.08. The van der Waals surface area contributed by atoms with Gasteiger partial charge in [-0.05, 0) is 42.2 Å². The Labute approximate surface area is 132 Å². The molecule has 0 aromatic heterocycles. The van der Waals surface area contributed by atoms with Crippen molar-refractivity contribution in [2.75, 3.05) is 0 Å². The number of carbonyl (C=O) groups excluding carboxylic acids is 1. The smallest absolute Gasteiger partial charge is 0.220 e. The number of amides is 1. The Morgan fingerprint density at radius 3 is 2.67 bits per heavy atom. The van der Waals surface area contributed by atoms with Crippen LogP contribution in [0.15, 0.2) is 46.9 Å². The van der Waals surface area contributed by atoms with Gasteiger partial charge in [0.15, 0.2) is 0 Å². The summed E-state index contributed by atoms with van der Waals surface area (Å²) in [4.78, 5) is 11.8. The zero-order valence-electron chi connectivity index (χ0n) is 11.8. The van der Waals surface area contributed by atoms with E-state index < -0.39 is 0 Å². The highest BCUT2D eigenvalue weighted by Gasteiger charge is 2.07. The van der Waals surface area contributed by atoms with E-state index in [2.05, 4.69) is 21.2 Å². The normalized spacial score (nSPS) is 10.4. The molecule has 0 bridgehead atoms. The number of rotatable bonds is 5. The first-order valence-corrected chi connectivity index (χ1v) is 7.60. The molecule has 110 valence electrons. The molecule has 0 fully saturated rings. The Kier molecular flexibility index (Phi) is 5.51. The van der Waals surface area contributed by atoms with Crippen molar-refractivity contribution in [3.05, 3.63) is 69.4 Å². The number of carbonyl (C=O) groups is 1. The van der Waals surface area contributed by atoms with E-state index in [1.54, 1.807) is 12.1 Å². The minimum Gasteiger partial charge on any atom is -0.352 e. The van der Waals surface area contributed by atoms with Crippen LogP contribution >= 0.6 is 15.9 Å². The second-order valence-electron chi connectivity index (χ2n) is 4.94. The van der Waals surface area contributed by atoms with Crippen molar-refractivity contribution in [2.24, 2.45) is 0 Å². The molecule has 0 aliphatic rings. The minimum absolute atomic E-state index is 0.0689. The maximum Gasteiger partial charge on any atom is 0.220 e. The van der Waals surface area contributed by atoms with E-state index in [0.717, 1.165) is 11.1 Å². The van der Waals surface area contributed by atoms with Crippen LogP contribution in [0.5, 0.6) is 0 Å². The van der Waals surface area contributed by atoms with E-state index in [-0.39, 0.29) is 18.1 Å². The third kappa shape index (κ3) is 4.67. The SMILES string of the molecule is Cc1ccccc1CNC(=O)CCc1ccc(Br)cc1F. The molecule has 0 aliphatic heterocycles. The Morgan fingerprint density at radius 1 is 1.19 bits per heavy atom. The lowest BCUT2D eigenvalue weighted by molar-refractivity contribution is -0.121. The molecule has 0 spiro atoms. The molecular formula is C17H17BrFNO. The summed E-state index contributed by atoms with van der Waals surface area (Å²) >= 11 is 3.21. The van der Waals surface area contributed by atoms with Gasteiger partial charge < -0.3 is 5.32 Å². The van der Waals surface area contributed by atoms with Crippen molar-refractivity contribution in [3.8, 4) is 0 Å². The first-order chi connectivity index (χ1) is 10.1. The first kappa shape index (κ1) is 15.7. The second kappa shape index (κ2) is 7.36. The molecule has 1 N–H and O–H groups in total. The summed E-state index contributed by atoms with van der Waals surface area (Å²) in [5, 5.41) is 2.87. The van der Waals surface area contributed by atoms with Gasteiger partial charge in [-0.25, -0.2) is 4.39 Å². The Hall–Kier alpha value is -1.68.